The third kappa shape index (κ3) is 4.17. The number of amides is 2. The average Bonchev–Trinajstić information content (AvgIpc) is 2.95. The lowest BCUT2D eigenvalue weighted by atomic mass is 10.1. The zero-order valence-electron chi connectivity index (χ0n) is 16.2. The minimum Gasteiger partial charge on any atom is -0.462 e. The van der Waals surface area contributed by atoms with Gasteiger partial charge in [0.05, 0.1) is 17.9 Å². The molecule has 0 saturated carbocycles. The Morgan fingerprint density at radius 1 is 1.07 bits per heavy atom. The summed E-state index contributed by atoms with van der Waals surface area (Å²) in [7, 11) is 0. The number of para-hydroxylation sites is 1. The lowest BCUT2D eigenvalue weighted by molar-refractivity contribution is -0.120. The number of ether oxygens (including phenoxy) is 1. The minimum absolute atomic E-state index is 0.0263. The van der Waals surface area contributed by atoms with Gasteiger partial charge in [0.25, 0.3) is 11.8 Å². The number of imide groups is 1. The quantitative estimate of drug-likeness (QED) is 0.543. The molecule has 0 fully saturated rings. The van der Waals surface area contributed by atoms with E-state index in [9.17, 15) is 14.4 Å². The van der Waals surface area contributed by atoms with E-state index in [2.05, 4.69) is 5.32 Å². The molecule has 2 aromatic carbocycles. The van der Waals surface area contributed by atoms with Crippen LogP contribution < -0.4 is 10.2 Å². The van der Waals surface area contributed by atoms with Crippen molar-refractivity contribution < 1.29 is 19.1 Å². The molecule has 29 heavy (non-hydrogen) atoms. The number of anilines is 2. The molecule has 1 heterocycles. The van der Waals surface area contributed by atoms with Crippen LogP contribution in [0, 0.1) is 0 Å². The van der Waals surface area contributed by atoms with Gasteiger partial charge < -0.3 is 10.1 Å². The molecule has 1 N–H and O–H groups in total. The highest BCUT2D eigenvalue weighted by Gasteiger charge is 2.39. The second-order valence-corrected chi connectivity index (χ2v) is 6.84. The Labute approximate surface area is 174 Å². The van der Waals surface area contributed by atoms with E-state index < -0.39 is 17.8 Å². The van der Waals surface area contributed by atoms with Gasteiger partial charge in [-0.05, 0) is 42.7 Å². The summed E-state index contributed by atoms with van der Waals surface area (Å²) >= 11 is 6.20. The lowest BCUT2D eigenvalue weighted by Gasteiger charge is -2.18. The number of benzene rings is 2. The van der Waals surface area contributed by atoms with Crippen molar-refractivity contribution in [3.8, 4) is 0 Å². The highest BCUT2D eigenvalue weighted by Crippen LogP contribution is 2.32. The van der Waals surface area contributed by atoms with Crippen LogP contribution in [0.4, 0.5) is 11.4 Å². The molecule has 0 radical (unpaired) electrons. The summed E-state index contributed by atoms with van der Waals surface area (Å²) in [5.41, 5.74) is 2.14. The Balaban J connectivity index is 1.86. The standard InChI is InChI=1S/C22H21ClN2O4/c1-3-12-29-22(28)15-9-7-10-16(13-15)24-19-18(23)20(26)25(21(19)27)17-11-6-5-8-14(17)4-2/h5-11,13,24H,3-4,12H2,1-2H3. The van der Waals surface area contributed by atoms with E-state index in [1.165, 1.54) is 0 Å². The molecule has 0 aromatic heterocycles. The zero-order valence-corrected chi connectivity index (χ0v) is 17.0. The van der Waals surface area contributed by atoms with Crippen molar-refractivity contribution in [2.75, 3.05) is 16.8 Å². The van der Waals surface area contributed by atoms with Crippen LogP contribution >= 0.6 is 11.6 Å². The molecule has 1 aliphatic rings. The molecule has 0 atom stereocenters. The van der Waals surface area contributed by atoms with Gasteiger partial charge in [0, 0.05) is 5.69 Å². The fraction of sp³-hybridized carbons (Fsp3) is 0.227. The van der Waals surface area contributed by atoms with Gasteiger partial charge >= 0.3 is 5.97 Å². The van der Waals surface area contributed by atoms with Crippen molar-refractivity contribution in [1.29, 1.82) is 0 Å². The van der Waals surface area contributed by atoms with E-state index in [4.69, 9.17) is 16.3 Å². The number of carbonyl (C=O) groups is 3. The fourth-order valence-electron chi connectivity index (χ4n) is 3.00. The molecular formula is C22H21ClN2O4. The van der Waals surface area contributed by atoms with E-state index in [-0.39, 0.29) is 10.7 Å². The Morgan fingerprint density at radius 3 is 2.55 bits per heavy atom. The van der Waals surface area contributed by atoms with Crippen LogP contribution in [0.25, 0.3) is 0 Å². The third-order valence-corrected chi connectivity index (χ3v) is 4.80. The lowest BCUT2D eigenvalue weighted by Crippen LogP contribution is -2.33. The molecule has 2 aromatic rings. The molecule has 150 valence electrons. The van der Waals surface area contributed by atoms with Crippen molar-refractivity contribution >= 4 is 40.8 Å². The number of nitrogens with zero attached hydrogens (tertiary/aromatic N) is 1. The van der Waals surface area contributed by atoms with Gasteiger partial charge in [0.1, 0.15) is 10.7 Å². The summed E-state index contributed by atoms with van der Waals surface area (Å²) in [4.78, 5) is 38.8. The van der Waals surface area contributed by atoms with Crippen molar-refractivity contribution in [3.63, 3.8) is 0 Å². The second-order valence-electron chi connectivity index (χ2n) is 6.46. The Kier molecular flexibility index (Phi) is 6.34. The molecule has 0 saturated heterocycles. The summed E-state index contributed by atoms with van der Waals surface area (Å²) in [5, 5.41) is 2.69. The first kappa shape index (κ1) is 20.6. The average molecular weight is 413 g/mol. The monoisotopic (exact) mass is 412 g/mol. The first-order valence-electron chi connectivity index (χ1n) is 9.38. The van der Waals surface area contributed by atoms with Crippen LogP contribution in [0.5, 0.6) is 0 Å². The Morgan fingerprint density at radius 2 is 1.83 bits per heavy atom. The summed E-state index contributed by atoms with van der Waals surface area (Å²) in [6, 6.07) is 13.7. The molecule has 2 amide bonds. The SMILES string of the molecule is CCCOC(=O)c1cccc(NC2=C(Cl)C(=O)N(c3ccccc3CC)C2=O)c1. The maximum absolute atomic E-state index is 13.0. The number of nitrogens with one attached hydrogen (secondary N) is 1. The summed E-state index contributed by atoms with van der Waals surface area (Å²) in [6.07, 6.45) is 1.38. The van der Waals surface area contributed by atoms with Gasteiger partial charge in [-0.25, -0.2) is 9.69 Å². The highest BCUT2D eigenvalue weighted by atomic mass is 35.5. The number of carbonyl (C=O) groups excluding carboxylic acids is 3. The topological polar surface area (TPSA) is 75.7 Å². The van der Waals surface area contributed by atoms with E-state index in [0.717, 1.165) is 16.9 Å². The first-order chi connectivity index (χ1) is 14.0. The predicted octanol–water partition coefficient (Wildman–Crippen LogP) is 4.25. The predicted molar refractivity (Wildman–Crippen MR) is 112 cm³/mol. The zero-order chi connectivity index (χ0) is 21.0. The number of rotatable bonds is 7. The van der Waals surface area contributed by atoms with Crippen LogP contribution in [0.3, 0.4) is 0 Å². The van der Waals surface area contributed by atoms with Crippen molar-refractivity contribution in [3.05, 3.63) is 70.4 Å². The van der Waals surface area contributed by atoms with E-state index >= 15 is 0 Å². The fourth-order valence-corrected chi connectivity index (χ4v) is 3.22. The van der Waals surface area contributed by atoms with E-state index in [0.29, 0.717) is 30.0 Å². The van der Waals surface area contributed by atoms with Crippen LogP contribution in [0.2, 0.25) is 0 Å². The summed E-state index contributed by atoms with van der Waals surface area (Å²) in [6.45, 7) is 4.18. The largest absolute Gasteiger partial charge is 0.462 e. The van der Waals surface area contributed by atoms with Gasteiger partial charge in [-0.15, -0.1) is 0 Å². The van der Waals surface area contributed by atoms with Crippen LogP contribution in [-0.2, 0) is 20.7 Å². The first-order valence-corrected chi connectivity index (χ1v) is 9.76. The molecular weight excluding hydrogens is 392 g/mol. The number of hydrogen-bond acceptors (Lipinski definition) is 5. The number of esters is 1. The summed E-state index contributed by atoms with van der Waals surface area (Å²) < 4.78 is 5.13. The van der Waals surface area contributed by atoms with Crippen LogP contribution in [-0.4, -0.2) is 24.4 Å². The van der Waals surface area contributed by atoms with Gasteiger partial charge in [-0.2, -0.15) is 0 Å². The smallest absolute Gasteiger partial charge is 0.338 e. The highest BCUT2D eigenvalue weighted by molar-refractivity contribution is 6.53. The maximum Gasteiger partial charge on any atom is 0.338 e. The molecule has 0 aliphatic carbocycles. The molecule has 0 spiro atoms. The summed E-state index contributed by atoms with van der Waals surface area (Å²) in [5.74, 6) is -1.58. The molecule has 6 nitrogen and oxygen atoms in total. The van der Waals surface area contributed by atoms with Gasteiger partial charge in [-0.1, -0.05) is 49.7 Å². The minimum atomic E-state index is -0.585. The molecule has 1 aliphatic heterocycles. The van der Waals surface area contributed by atoms with Crippen LogP contribution in [0.1, 0.15) is 36.2 Å². The van der Waals surface area contributed by atoms with Crippen molar-refractivity contribution in [1.82, 2.24) is 0 Å². The van der Waals surface area contributed by atoms with Crippen molar-refractivity contribution in [2.24, 2.45) is 0 Å². The normalized spacial score (nSPS) is 13.8. The second kappa shape index (κ2) is 8.92. The molecule has 3 rings (SSSR count). The molecule has 7 heteroatoms. The number of hydrogen-bond donors (Lipinski definition) is 1. The van der Waals surface area contributed by atoms with Gasteiger partial charge in [0.2, 0.25) is 0 Å². The van der Waals surface area contributed by atoms with Crippen molar-refractivity contribution in [2.45, 2.75) is 26.7 Å². The van der Waals surface area contributed by atoms with E-state index in [1.54, 1.807) is 36.4 Å². The number of aryl methyl sites for hydroxylation is 1. The number of halogens is 1. The Bertz CT molecular complexity index is 1000. The van der Waals surface area contributed by atoms with Gasteiger partial charge in [0.15, 0.2) is 0 Å². The van der Waals surface area contributed by atoms with E-state index in [1.807, 2.05) is 26.0 Å². The maximum atomic E-state index is 13.0. The third-order valence-electron chi connectivity index (χ3n) is 4.45. The molecule has 0 bridgehead atoms. The van der Waals surface area contributed by atoms with Crippen LogP contribution in [0.15, 0.2) is 59.3 Å². The van der Waals surface area contributed by atoms with Gasteiger partial charge in [-0.3, -0.25) is 9.59 Å². The Hall–Kier alpha value is -3.12. The molecule has 0 unspecified atom stereocenters.